The molecule has 0 fully saturated rings. The number of hydrogen-bond donors (Lipinski definition) is 1. The number of rotatable bonds is 9. The molecule has 0 saturated heterocycles. The summed E-state index contributed by atoms with van der Waals surface area (Å²) in [6.45, 7) is 20.3. The van der Waals surface area contributed by atoms with Gasteiger partial charge in [0.15, 0.2) is 16.6 Å². The van der Waals surface area contributed by atoms with Crippen LogP contribution in [0, 0.1) is 0 Å². The quantitative estimate of drug-likeness (QED) is 0.397. The van der Waals surface area contributed by atoms with Crippen molar-refractivity contribution in [2.45, 2.75) is 71.6 Å². The molecule has 0 aromatic heterocycles. The maximum absolute atomic E-state index is 10.2. The van der Waals surface area contributed by atoms with Gasteiger partial charge in [-0.05, 0) is 52.2 Å². The van der Waals surface area contributed by atoms with Crippen LogP contribution < -0.4 is 0 Å². The van der Waals surface area contributed by atoms with Crippen molar-refractivity contribution < 1.29 is 18.1 Å². The second-order valence-corrected chi connectivity index (χ2v) is 17.7. The van der Waals surface area contributed by atoms with Gasteiger partial charge in [0, 0.05) is 5.57 Å². The van der Waals surface area contributed by atoms with Crippen LogP contribution in [0.25, 0.3) is 0 Å². The normalized spacial score (nSPS) is 15.2. The van der Waals surface area contributed by atoms with Gasteiger partial charge in [0.1, 0.15) is 0 Å². The van der Waals surface area contributed by atoms with Gasteiger partial charge in [-0.25, -0.2) is 0 Å². The Morgan fingerprint density at radius 3 is 1.75 bits per heavy atom. The van der Waals surface area contributed by atoms with Crippen molar-refractivity contribution in [3.63, 3.8) is 0 Å². The van der Waals surface area contributed by atoms with Gasteiger partial charge in [-0.2, -0.15) is 0 Å². The van der Waals surface area contributed by atoms with E-state index in [0.717, 1.165) is 6.42 Å². The molecule has 0 aliphatic carbocycles. The lowest BCUT2D eigenvalue weighted by molar-refractivity contribution is -0.243. The summed E-state index contributed by atoms with van der Waals surface area (Å²) in [5.41, 5.74) is 0.671. The second-order valence-electron chi connectivity index (χ2n) is 7.13. The van der Waals surface area contributed by atoms with Crippen LogP contribution in [0.2, 0.25) is 45.3 Å². The highest BCUT2D eigenvalue weighted by atomic mass is 28.4. The Kier molecular flexibility index (Phi) is 7.57. The van der Waals surface area contributed by atoms with E-state index < -0.39 is 31.9 Å². The molecule has 0 rings (SSSR count). The van der Waals surface area contributed by atoms with Crippen LogP contribution in [0.5, 0.6) is 0 Å². The summed E-state index contributed by atoms with van der Waals surface area (Å²) >= 11 is 0. The van der Waals surface area contributed by atoms with Crippen LogP contribution >= 0.6 is 0 Å². The van der Waals surface area contributed by atoms with Crippen molar-refractivity contribution in [1.82, 2.24) is 0 Å². The first-order valence-electron chi connectivity index (χ1n) is 7.23. The van der Waals surface area contributed by atoms with E-state index in [0.29, 0.717) is 11.6 Å². The average Bonchev–Trinajstić information content (AvgIpc) is 2.11. The van der Waals surface area contributed by atoms with Crippen LogP contribution in [0.15, 0.2) is 12.2 Å². The molecular formula is C13H32O4Si3. The van der Waals surface area contributed by atoms with Crippen LogP contribution in [-0.4, -0.2) is 36.7 Å². The minimum absolute atomic E-state index is 0.671. The highest BCUT2D eigenvalue weighted by Gasteiger charge is 2.44. The van der Waals surface area contributed by atoms with Crippen molar-refractivity contribution >= 4 is 25.9 Å². The Morgan fingerprint density at radius 1 is 1.10 bits per heavy atom. The lowest BCUT2D eigenvalue weighted by atomic mass is 10.3. The third kappa shape index (κ3) is 7.87. The van der Waals surface area contributed by atoms with Crippen molar-refractivity contribution in [2.24, 2.45) is 0 Å². The molecule has 0 saturated carbocycles. The smallest absolute Gasteiger partial charge is 0.323 e. The molecule has 4 nitrogen and oxygen atoms in total. The second kappa shape index (κ2) is 7.48. The fourth-order valence-electron chi connectivity index (χ4n) is 1.63. The van der Waals surface area contributed by atoms with Crippen molar-refractivity contribution in [3.05, 3.63) is 12.2 Å². The van der Waals surface area contributed by atoms with E-state index in [1.54, 1.807) is 0 Å². The van der Waals surface area contributed by atoms with Crippen molar-refractivity contribution in [1.29, 1.82) is 0 Å². The van der Waals surface area contributed by atoms with Gasteiger partial charge in [0.25, 0.3) is 5.97 Å². The van der Waals surface area contributed by atoms with E-state index in [9.17, 15) is 4.80 Å². The molecule has 1 N–H and O–H groups in total. The molecule has 20 heavy (non-hydrogen) atoms. The van der Waals surface area contributed by atoms with Crippen LogP contribution in [-0.2, 0) is 13.3 Å². The zero-order valence-corrected chi connectivity index (χ0v) is 17.5. The molecular weight excluding hydrogens is 304 g/mol. The Hall–Kier alpha value is 0.231. The largest absolute Gasteiger partial charge is 0.413 e. The Bertz CT molecular complexity index is 305. The van der Waals surface area contributed by atoms with Crippen LogP contribution in [0.4, 0.5) is 0 Å². The minimum atomic E-state index is -2.33. The number of hydrogen-bond acceptors (Lipinski definition) is 4. The maximum atomic E-state index is 10.2. The molecule has 0 aromatic carbocycles. The molecule has 0 heterocycles. The molecule has 0 spiro atoms. The van der Waals surface area contributed by atoms with Gasteiger partial charge in [-0.15, -0.1) is 0 Å². The SMILES string of the molecule is C=C(C)C(O[SiH](O)CCC)(O[Si](C)(C)C)O[Si](C)(C)C. The Morgan fingerprint density at radius 2 is 1.50 bits per heavy atom. The van der Waals surface area contributed by atoms with Crippen LogP contribution in [0.1, 0.15) is 20.3 Å². The summed E-state index contributed by atoms with van der Waals surface area (Å²) in [7, 11) is -6.17. The Labute approximate surface area is 128 Å². The van der Waals surface area contributed by atoms with E-state index in [4.69, 9.17) is 13.3 Å². The standard InChI is InChI=1S/C13H32O4Si3/c1-10-11-18(14)15-13(12(2)3,16-19(4,5)6)17-20(7,8)9/h14,18H,2,10-11H2,1,3-9H3. The van der Waals surface area contributed by atoms with Gasteiger partial charge in [-0.3, -0.25) is 0 Å². The monoisotopic (exact) mass is 336 g/mol. The zero-order valence-electron chi connectivity index (χ0n) is 14.4. The average molecular weight is 337 g/mol. The van der Waals surface area contributed by atoms with Gasteiger partial charge < -0.3 is 18.1 Å². The van der Waals surface area contributed by atoms with Gasteiger partial charge >= 0.3 is 9.28 Å². The van der Waals surface area contributed by atoms with Gasteiger partial charge in [-0.1, -0.05) is 19.9 Å². The van der Waals surface area contributed by atoms with Crippen molar-refractivity contribution in [3.8, 4) is 0 Å². The topological polar surface area (TPSA) is 47.9 Å². The molecule has 0 radical (unpaired) electrons. The van der Waals surface area contributed by atoms with Crippen LogP contribution in [0.3, 0.4) is 0 Å². The summed E-state index contributed by atoms with van der Waals surface area (Å²) in [4.78, 5) is 10.2. The van der Waals surface area contributed by atoms with Gasteiger partial charge in [0.2, 0.25) is 0 Å². The summed E-state index contributed by atoms with van der Waals surface area (Å²) in [5, 5.41) is 0. The maximum Gasteiger partial charge on any atom is 0.323 e. The third-order valence-corrected chi connectivity index (χ3v) is 5.65. The molecule has 0 bridgehead atoms. The van der Waals surface area contributed by atoms with E-state index >= 15 is 0 Å². The highest BCUT2D eigenvalue weighted by Crippen LogP contribution is 2.32. The summed E-state index contributed by atoms with van der Waals surface area (Å²) in [5.74, 6) is -1.27. The molecule has 0 aliphatic rings. The molecule has 7 heteroatoms. The fraction of sp³-hybridized carbons (Fsp3) is 0.846. The predicted octanol–water partition coefficient (Wildman–Crippen LogP) is 3.56. The third-order valence-electron chi connectivity index (χ3n) is 2.23. The van der Waals surface area contributed by atoms with E-state index in [2.05, 4.69) is 45.9 Å². The van der Waals surface area contributed by atoms with Crippen molar-refractivity contribution in [2.75, 3.05) is 0 Å². The lowest BCUT2D eigenvalue weighted by Crippen LogP contribution is -2.54. The first kappa shape index (κ1) is 20.2. The van der Waals surface area contributed by atoms with E-state index in [1.807, 2.05) is 13.8 Å². The molecule has 1 unspecified atom stereocenters. The Balaban J connectivity index is 5.39. The van der Waals surface area contributed by atoms with Gasteiger partial charge in [0.05, 0.1) is 0 Å². The highest BCUT2D eigenvalue weighted by molar-refractivity contribution is 6.71. The zero-order chi connectivity index (χ0) is 16.2. The molecule has 0 amide bonds. The van der Waals surface area contributed by atoms with E-state index in [-0.39, 0.29) is 0 Å². The summed E-state index contributed by atoms with van der Waals surface area (Å²) < 4.78 is 18.3. The lowest BCUT2D eigenvalue weighted by Gasteiger charge is -2.43. The summed E-state index contributed by atoms with van der Waals surface area (Å²) in [6, 6.07) is 0.680. The predicted molar refractivity (Wildman–Crippen MR) is 92.0 cm³/mol. The molecule has 0 aliphatic heterocycles. The molecule has 0 aromatic rings. The summed E-state index contributed by atoms with van der Waals surface area (Å²) in [6.07, 6.45) is 0.888. The molecule has 1 atom stereocenters. The fourth-order valence-corrected chi connectivity index (χ4v) is 5.32. The minimum Gasteiger partial charge on any atom is -0.413 e. The van der Waals surface area contributed by atoms with E-state index in [1.165, 1.54) is 0 Å². The first-order valence-corrected chi connectivity index (χ1v) is 15.9. The first-order chi connectivity index (χ1) is 8.81. The molecule has 120 valence electrons.